The highest BCUT2D eigenvalue weighted by atomic mass is 16.5. The van der Waals surface area contributed by atoms with E-state index in [9.17, 15) is 14.4 Å². The van der Waals surface area contributed by atoms with Crippen molar-refractivity contribution < 1.29 is 23.9 Å². The zero-order chi connectivity index (χ0) is 21.8. The maximum absolute atomic E-state index is 13.5. The number of carbonyl (C=O) groups is 3. The molecule has 4 rings (SSSR count). The number of nitrogens with one attached hydrogen (secondary N) is 1. The van der Waals surface area contributed by atoms with Gasteiger partial charge < -0.3 is 14.8 Å². The van der Waals surface area contributed by atoms with Crippen LogP contribution < -0.4 is 19.7 Å². The fourth-order valence-electron chi connectivity index (χ4n) is 3.42. The van der Waals surface area contributed by atoms with Gasteiger partial charge in [-0.3, -0.25) is 14.5 Å². The number of anilines is 2. The molecule has 2 amide bonds. The van der Waals surface area contributed by atoms with Crippen molar-refractivity contribution in [2.45, 2.75) is 12.5 Å². The molecule has 1 aliphatic rings. The molecule has 31 heavy (non-hydrogen) atoms. The Hall–Kier alpha value is -4.13. The molecule has 1 aliphatic heterocycles. The largest absolute Gasteiger partial charge is 0.497 e. The number of ether oxygens (including phenoxy) is 2. The van der Waals surface area contributed by atoms with E-state index in [1.807, 2.05) is 6.07 Å². The third-order valence-electron chi connectivity index (χ3n) is 4.89. The van der Waals surface area contributed by atoms with Crippen LogP contribution in [0.5, 0.6) is 11.5 Å². The van der Waals surface area contributed by atoms with Gasteiger partial charge in [-0.05, 0) is 42.5 Å². The van der Waals surface area contributed by atoms with E-state index in [4.69, 9.17) is 9.47 Å². The smallest absolute Gasteiger partial charge is 0.335 e. The molecule has 0 aliphatic carbocycles. The SMILES string of the molecule is COc1cccc(C(=O)N2c3ccccc3OC(=O)[C@@H]2CC(=O)Nc2ccccc2)c1. The lowest BCUT2D eigenvalue weighted by Crippen LogP contribution is -2.51. The van der Waals surface area contributed by atoms with Crippen LogP contribution in [0.1, 0.15) is 16.8 Å². The van der Waals surface area contributed by atoms with E-state index in [1.54, 1.807) is 72.8 Å². The van der Waals surface area contributed by atoms with Crippen molar-refractivity contribution in [3.05, 3.63) is 84.4 Å². The van der Waals surface area contributed by atoms with E-state index in [0.717, 1.165) is 0 Å². The average molecular weight is 416 g/mol. The van der Waals surface area contributed by atoms with Crippen LogP contribution in [0.2, 0.25) is 0 Å². The Morgan fingerprint density at radius 2 is 1.74 bits per heavy atom. The summed E-state index contributed by atoms with van der Waals surface area (Å²) in [5.74, 6) is -0.727. The van der Waals surface area contributed by atoms with Gasteiger partial charge in [0.15, 0.2) is 5.75 Å². The summed E-state index contributed by atoms with van der Waals surface area (Å²) >= 11 is 0. The second-order valence-corrected chi connectivity index (χ2v) is 6.93. The topological polar surface area (TPSA) is 84.9 Å². The molecular formula is C24H20N2O5. The Kier molecular flexibility index (Phi) is 5.66. The number of hydrogen-bond acceptors (Lipinski definition) is 5. The number of nitrogens with zero attached hydrogens (tertiary/aromatic N) is 1. The van der Waals surface area contributed by atoms with E-state index < -0.39 is 23.8 Å². The first-order valence-corrected chi connectivity index (χ1v) is 9.70. The minimum Gasteiger partial charge on any atom is -0.497 e. The van der Waals surface area contributed by atoms with E-state index >= 15 is 0 Å². The zero-order valence-corrected chi connectivity index (χ0v) is 16.8. The van der Waals surface area contributed by atoms with Crippen LogP contribution in [0.4, 0.5) is 11.4 Å². The Morgan fingerprint density at radius 1 is 1.00 bits per heavy atom. The average Bonchev–Trinajstić information content (AvgIpc) is 2.80. The molecule has 0 spiro atoms. The third-order valence-corrected chi connectivity index (χ3v) is 4.89. The van der Waals surface area contributed by atoms with Crippen molar-refractivity contribution in [1.82, 2.24) is 0 Å². The summed E-state index contributed by atoms with van der Waals surface area (Å²) in [6.45, 7) is 0. The summed E-state index contributed by atoms with van der Waals surface area (Å²) in [6.07, 6.45) is -0.252. The van der Waals surface area contributed by atoms with Gasteiger partial charge in [0.2, 0.25) is 5.91 Å². The summed E-state index contributed by atoms with van der Waals surface area (Å²) < 4.78 is 10.6. The monoisotopic (exact) mass is 416 g/mol. The molecule has 0 bridgehead atoms. The van der Waals surface area contributed by atoms with Crippen molar-refractivity contribution in [1.29, 1.82) is 0 Å². The van der Waals surface area contributed by atoms with E-state index in [-0.39, 0.29) is 12.2 Å². The van der Waals surface area contributed by atoms with Gasteiger partial charge >= 0.3 is 5.97 Å². The maximum atomic E-state index is 13.5. The van der Waals surface area contributed by atoms with Crippen LogP contribution in [0.25, 0.3) is 0 Å². The Labute approximate surface area is 179 Å². The summed E-state index contributed by atoms with van der Waals surface area (Å²) in [5, 5.41) is 2.75. The fraction of sp³-hybridized carbons (Fsp3) is 0.125. The summed E-state index contributed by atoms with van der Waals surface area (Å²) in [7, 11) is 1.51. The number of carbonyl (C=O) groups excluding carboxylic acids is 3. The van der Waals surface area contributed by atoms with Crippen molar-refractivity contribution >= 4 is 29.2 Å². The van der Waals surface area contributed by atoms with Crippen molar-refractivity contribution in [3.8, 4) is 11.5 Å². The van der Waals surface area contributed by atoms with Crippen LogP contribution in [-0.4, -0.2) is 30.9 Å². The predicted molar refractivity (Wildman–Crippen MR) is 115 cm³/mol. The number of para-hydroxylation sites is 3. The highest BCUT2D eigenvalue weighted by molar-refractivity contribution is 6.13. The zero-order valence-electron chi connectivity index (χ0n) is 16.8. The minimum absolute atomic E-state index is 0.252. The molecule has 1 atom stereocenters. The molecular weight excluding hydrogens is 396 g/mol. The molecule has 3 aromatic rings. The summed E-state index contributed by atoms with van der Waals surface area (Å²) in [4.78, 5) is 40.2. The molecule has 0 fully saturated rings. The molecule has 156 valence electrons. The molecule has 1 N–H and O–H groups in total. The van der Waals surface area contributed by atoms with Crippen LogP contribution >= 0.6 is 0 Å². The highest BCUT2D eigenvalue weighted by Crippen LogP contribution is 2.36. The fourth-order valence-corrected chi connectivity index (χ4v) is 3.42. The number of hydrogen-bond donors (Lipinski definition) is 1. The first-order valence-electron chi connectivity index (χ1n) is 9.70. The lowest BCUT2D eigenvalue weighted by molar-refractivity contribution is -0.138. The van der Waals surface area contributed by atoms with Crippen molar-refractivity contribution in [2.24, 2.45) is 0 Å². The predicted octanol–water partition coefficient (Wildman–Crippen LogP) is 3.66. The molecule has 0 aromatic heterocycles. The van der Waals surface area contributed by atoms with Crippen LogP contribution in [-0.2, 0) is 9.59 Å². The van der Waals surface area contributed by atoms with Crippen LogP contribution in [0, 0.1) is 0 Å². The number of methoxy groups -OCH3 is 1. The van der Waals surface area contributed by atoms with Gasteiger partial charge in [-0.2, -0.15) is 0 Å². The molecule has 0 unspecified atom stereocenters. The first kappa shape index (κ1) is 20.2. The van der Waals surface area contributed by atoms with Gasteiger partial charge in [0.1, 0.15) is 11.8 Å². The Morgan fingerprint density at radius 3 is 2.52 bits per heavy atom. The number of rotatable bonds is 5. The molecule has 7 heteroatoms. The van der Waals surface area contributed by atoms with Crippen LogP contribution in [0.3, 0.4) is 0 Å². The Bertz CT molecular complexity index is 1130. The molecule has 1 heterocycles. The lowest BCUT2D eigenvalue weighted by atomic mass is 10.0. The third kappa shape index (κ3) is 4.25. The standard InChI is InChI=1S/C24H20N2O5/c1-30-18-11-7-8-16(14-18)23(28)26-19-12-5-6-13-21(19)31-24(29)20(26)15-22(27)25-17-9-3-2-4-10-17/h2-14,20H,15H2,1H3,(H,25,27)/t20-/m0/s1. The molecule has 0 radical (unpaired) electrons. The Balaban J connectivity index is 1.67. The van der Waals surface area contributed by atoms with Gasteiger partial charge in [-0.1, -0.05) is 36.4 Å². The number of amides is 2. The van der Waals surface area contributed by atoms with Gasteiger partial charge in [-0.25, -0.2) is 4.79 Å². The quantitative estimate of drug-likeness (QED) is 0.507. The van der Waals surface area contributed by atoms with Gasteiger partial charge in [0.25, 0.3) is 5.91 Å². The second-order valence-electron chi connectivity index (χ2n) is 6.93. The lowest BCUT2D eigenvalue weighted by Gasteiger charge is -2.35. The summed E-state index contributed by atoms with van der Waals surface area (Å²) in [6, 6.07) is 21.2. The first-order chi connectivity index (χ1) is 15.1. The number of fused-ring (bicyclic) bond motifs is 1. The van der Waals surface area contributed by atoms with Crippen LogP contribution in [0.15, 0.2) is 78.9 Å². The normalized spacial score (nSPS) is 14.9. The number of esters is 1. The molecule has 0 saturated heterocycles. The molecule has 3 aromatic carbocycles. The molecule has 7 nitrogen and oxygen atoms in total. The van der Waals surface area contributed by atoms with E-state index in [1.165, 1.54) is 12.0 Å². The van der Waals surface area contributed by atoms with Gasteiger partial charge in [-0.15, -0.1) is 0 Å². The van der Waals surface area contributed by atoms with E-state index in [0.29, 0.717) is 22.7 Å². The van der Waals surface area contributed by atoms with Crippen molar-refractivity contribution in [3.63, 3.8) is 0 Å². The minimum atomic E-state index is -1.11. The van der Waals surface area contributed by atoms with Gasteiger partial charge in [0.05, 0.1) is 19.2 Å². The summed E-state index contributed by atoms with van der Waals surface area (Å²) in [5.41, 5.74) is 1.35. The van der Waals surface area contributed by atoms with Gasteiger partial charge in [0, 0.05) is 11.3 Å². The molecule has 0 saturated carbocycles. The second kappa shape index (κ2) is 8.71. The number of benzene rings is 3. The van der Waals surface area contributed by atoms with Crippen molar-refractivity contribution in [2.75, 3.05) is 17.3 Å². The van der Waals surface area contributed by atoms with E-state index in [2.05, 4.69) is 5.32 Å². The highest BCUT2D eigenvalue weighted by Gasteiger charge is 2.40. The maximum Gasteiger partial charge on any atom is 0.335 e.